The zero-order chi connectivity index (χ0) is 20.5. The van der Waals surface area contributed by atoms with Crippen molar-refractivity contribution in [3.63, 3.8) is 0 Å². The fourth-order valence-electron chi connectivity index (χ4n) is 3.69. The van der Waals surface area contributed by atoms with E-state index in [2.05, 4.69) is 27.4 Å². The average Bonchev–Trinajstić information content (AvgIpc) is 3.35. The molecular weight excluding hydrogens is 420 g/mol. The van der Waals surface area contributed by atoms with Crippen molar-refractivity contribution < 1.29 is 14.3 Å². The van der Waals surface area contributed by atoms with Crippen molar-refractivity contribution >= 4 is 45.4 Å². The van der Waals surface area contributed by atoms with E-state index in [-0.39, 0.29) is 18.5 Å². The molecule has 7 nitrogen and oxygen atoms in total. The number of nitrogens with zero attached hydrogens (tertiary/aromatic N) is 3. The number of benzene rings is 1. The van der Waals surface area contributed by atoms with E-state index in [0.29, 0.717) is 17.4 Å². The standard InChI is InChI=1S/C21H20N4O3S2/c1-12-2-4-14-17(6-12)30-21-19(14)20(22-10-23-21)29-9-18(26)25-24-8-13-3-5-15-16(7-13)28-11-27-15/h3,5,7-8,10,12H,2,4,6,9,11H2,1H3,(H,25,26)/b24-8-/t12-/m1/s1. The van der Waals surface area contributed by atoms with Gasteiger partial charge in [-0.1, -0.05) is 18.7 Å². The van der Waals surface area contributed by atoms with Gasteiger partial charge in [-0.2, -0.15) is 5.10 Å². The van der Waals surface area contributed by atoms with E-state index in [9.17, 15) is 4.79 Å². The first kappa shape index (κ1) is 19.3. The molecule has 30 heavy (non-hydrogen) atoms. The number of nitrogens with one attached hydrogen (secondary N) is 1. The van der Waals surface area contributed by atoms with Crippen LogP contribution in [0.15, 0.2) is 34.7 Å². The Morgan fingerprint density at radius 3 is 3.20 bits per heavy atom. The topological polar surface area (TPSA) is 85.7 Å². The number of carbonyl (C=O) groups excluding carboxylic acids is 1. The number of fused-ring (bicyclic) bond motifs is 4. The average molecular weight is 441 g/mol. The Labute approximate surface area is 181 Å². The van der Waals surface area contributed by atoms with Crippen LogP contribution in [0.25, 0.3) is 10.2 Å². The van der Waals surface area contributed by atoms with E-state index in [0.717, 1.165) is 33.6 Å². The molecule has 0 saturated heterocycles. The molecule has 0 saturated carbocycles. The third-order valence-corrected chi connectivity index (χ3v) is 7.35. The van der Waals surface area contributed by atoms with Crippen LogP contribution in [0.3, 0.4) is 0 Å². The largest absolute Gasteiger partial charge is 0.454 e. The van der Waals surface area contributed by atoms with Crippen LogP contribution in [0.5, 0.6) is 11.5 Å². The minimum Gasteiger partial charge on any atom is -0.454 e. The summed E-state index contributed by atoms with van der Waals surface area (Å²) in [5, 5.41) is 6.05. The van der Waals surface area contributed by atoms with Crippen LogP contribution in [0.4, 0.5) is 0 Å². The molecule has 1 aromatic carbocycles. The zero-order valence-electron chi connectivity index (χ0n) is 16.4. The summed E-state index contributed by atoms with van der Waals surface area (Å²) in [4.78, 5) is 23.6. The van der Waals surface area contributed by atoms with Gasteiger partial charge in [0.2, 0.25) is 12.7 Å². The maximum atomic E-state index is 12.3. The minimum absolute atomic E-state index is 0.179. The van der Waals surface area contributed by atoms with Gasteiger partial charge in [0.1, 0.15) is 16.2 Å². The number of amides is 1. The minimum atomic E-state index is -0.179. The van der Waals surface area contributed by atoms with Crippen LogP contribution in [-0.4, -0.2) is 34.6 Å². The number of carbonyl (C=O) groups is 1. The second-order valence-electron chi connectivity index (χ2n) is 7.41. The molecule has 3 aromatic rings. The van der Waals surface area contributed by atoms with E-state index in [1.165, 1.54) is 28.6 Å². The molecule has 0 spiro atoms. The van der Waals surface area contributed by atoms with E-state index in [1.54, 1.807) is 23.9 Å². The highest BCUT2D eigenvalue weighted by Gasteiger charge is 2.23. The summed E-state index contributed by atoms with van der Waals surface area (Å²) in [7, 11) is 0. The SMILES string of the molecule is C[C@@H]1CCc2c(sc3ncnc(SCC(=O)N/N=C\c4ccc5c(c4)OCO5)c23)C1. The Morgan fingerprint density at radius 2 is 2.27 bits per heavy atom. The highest BCUT2D eigenvalue weighted by atomic mass is 32.2. The smallest absolute Gasteiger partial charge is 0.250 e. The molecule has 0 fully saturated rings. The lowest BCUT2D eigenvalue weighted by molar-refractivity contribution is -0.118. The second kappa shape index (κ2) is 8.23. The summed E-state index contributed by atoms with van der Waals surface area (Å²) in [6, 6.07) is 5.51. The highest BCUT2D eigenvalue weighted by Crippen LogP contribution is 2.40. The highest BCUT2D eigenvalue weighted by molar-refractivity contribution is 8.00. The van der Waals surface area contributed by atoms with Gasteiger partial charge < -0.3 is 9.47 Å². The number of rotatable bonds is 5. The fraction of sp³-hybridized carbons (Fsp3) is 0.333. The Kier molecular flexibility index (Phi) is 5.30. The first-order chi connectivity index (χ1) is 14.7. The normalized spacial score (nSPS) is 17.4. The lowest BCUT2D eigenvalue weighted by atomic mass is 9.89. The van der Waals surface area contributed by atoms with Crippen LogP contribution in [0.1, 0.15) is 29.3 Å². The van der Waals surface area contributed by atoms with Crippen LogP contribution >= 0.6 is 23.1 Å². The number of aryl methyl sites for hydroxylation is 1. The van der Waals surface area contributed by atoms with Crippen LogP contribution in [0.2, 0.25) is 0 Å². The summed E-state index contributed by atoms with van der Waals surface area (Å²) >= 11 is 3.20. The Bertz CT molecular complexity index is 1140. The molecule has 1 N–H and O–H groups in total. The monoisotopic (exact) mass is 440 g/mol. The van der Waals surface area contributed by atoms with Gasteiger partial charge in [0, 0.05) is 10.3 Å². The molecule has 1 atom stereocenters. The van der Waals surface area contributed by atoms with Gasteiger partial charge in [-0.05, 0) is 54.5 Å². The summed E-state index contributed by atoms with van der Waals surface area (Å²) < 4.78 is 10.6. The summed E-state index contributed by atoms with van der Waals surface area (Å²) in [5.41, 5.74) is 4.77. The van der Waals surface area contributed by atoms with Crippen molar-refractivity contribution in [2.75, 3.05) is 12.5 Å². The van der Waals surface area contributed by atoms with Crippen LogP contribution in [-0.2, 0) is 17.6 Å². The van der Waals surface area contributed by atoms with E-state index < -0.39 is 0 Å². The molecule has 5 rings (SSSR count). The van der Waals surface area contributed by atoms with Gasteiger partial charge in [0.15, 0.2) is 11.5 Å². The molecule has 1 amide bonds. The molecule has 154 valence electrons. The van der Waals surface area contributed by atoms with E-state index in [1.807, 2.05) is 18.2 Å². The van der Waals surface area contributed by atoms with Gasteiger partial charge in [-0.3, -0.25) is 4.79 Å². The van der Waals surface area contributed by atoms with Crippen molar-refractivity contribution in [1.82, 2.24) is 15.4 Å². The lowest BCUT2D eigenvalue weighted by Gasteiger charge is -2.18. The Balaban J connectivity index is 1.23. The molecule has 0 unspecified atom stereocenters. The van der Waals surface area contributed by atoms with Gasteiger partial charge in [-0.25, -0.2) is 15.4 Å². The zero-order valence-corrected chi connectivity index (χ0v) is 18.0. The molecule has 2 aliphatic rings. The number of hydrazone groups is 1. The van der Waals surface area contributed by atoms with Crippen molar-refractivity contribution in [1.29, 1.82) is 0 Å². The maximum Gasteiger partial charge on any atom is 0.250 e. The van der Waals surface area contributed by atoms with Gasteiger partial charge in [0.05, 0.1) is 12.0 Å². The van der Waals surface area contributed by atoms with Crippen LogP contribution < -0.4 is 14.9 Å². The third-order valence-electron chi connectivity index (χ3n) is 5.20. The molecule has 3 heterocycles. The number of hydrogen-bond donors (Lipinski definition) is 1. The Hall–Kier alpha value is -2.65. The van der Waals surface area contributed by atoms with Crippen LogP contribution in [0, 0.1) is 5.92 Å². The molecule has 0 radical (unpaired) electrons. The molecular formula is C21H20N4O3S2. The van der Waals surface area contributed by atoms with Crippen molar-refractivity contribution in [2.45, 2.75) is 31.2 Å². The number of hydrogen-bond acceptors (Lipinski definition) is 8. The van der Waals surface area contributed by atoms with Gasteiger partial charge in [0.25, 0.3) is 0 Å². The number of thioether (sulfide) groups is 1. The fourth-order valence-corrected chi connectivity index (χ4v) is 5.93. The summed E-state index contributed by atoms with van der Waals surface area (Å²) in [5.74, 6) is 2.17. The maximum absolute atomic E-state index is 12.3. The molecule has 2 aromatic heterocycles. The second-order valence-corrected chi connectivity index (χ2v) is 9.45. The number of ether oxygens (including phenoxy) is 2. The van der Waals surface area contributed by atoms with Gasteiger partial charge >= 0.3 is 0 Å². The van der Waals surface area contributed by atoms with Crippen molar-refractivity contribution in [2.24, 2.45) is 11.0 Å². The van der Waals surface area contributed by atoms with Gasteiger partial charge in [-0.15, -0.1) is 11.3 Å². The van der Waals surface area contributed by atoms with E-state index in [4.69, 9.17) is 9.47 Å². The third kappa shape index (κ3) is 3.87. The lowest BCUT2D eigenvalue weighted by Crippen LogP contribution is -2.19. The molecule has 1 aliphatic heterocycles. The number of thiophene rings is 1. The number of aromatic nitrogens is 2. The van der Waals surface area contributed by atoms with Crippen molar-refractivity contribution in [3.8, 4) is 11.5 Å². The molecule has 1 aliphatic carbocycles. The first-order valence-corrected chi connectivity index (χ1v) is 11.6. The summed E-state index contributed by atoms with van der Waals surface area (Å²) in [6.07, 6.45) is 6.53. The predicted octanol–water partition coefficient (Wildman–Crippen LogP) is 3.79. The summed E-state index contributed by atoms with van der Waals surface area (Å²) in [6.45, 7) is 2.52. The molecule has 0 bridgehead atoms. The quantitative estimate of drug-likeness (QED) is 0.281. The molecule has 9 heteroatoms. The predicted molar refractivity (Wildman–Crippen MR) is 118 cm³/mol. The van der Waals surface area contributed by atoms with E-state index >= 15 is 0 Å². The first-order valence-electron chi connectivity index (χ1n) is 9.77. The van der Waals surface area contributed by atoms with Crippen molar-refractivity contribution in [3.05, 3.63) is 40.5 Å². The Morgan fingerprint density at radius 1 is 1.37 bits per heavy atom.